The Kier molecular flexibility index (Phi) is 2.72. The van der Waals surface area contributed by atoms with Crippen LogP contribution in [0.5, 0.6) is 0 Å². The quantitative estimate of drug-likeness (QED) is 0.581. The number of carbonyl (C=O) groups is 1. The maximum Gasteiger partial charge on any atom is 0.318 e. The Bertz CT molecular complexity index is 206. The molecule has 0 radical (unpaired) electrons. The minimum Gasteiger partial charge on any atom is -0.341 e. The highest BCUT2D eigenvalue weighted by Gasteiger charge is 1.99. The van der Waals surface area contributed by atoms with Crippen LogP contribution in [0.1, 0.15) is 12.8 Å². The van der Waals surface area contributed by atoms with E-state index in [9.17, 15) is 4.79 Å². The van der Waals surface area contributed by atoms with Gasteiger partial charge >= 0.3 is 6.03 Å². The molecular formula is C8H12N2O. The van der Waals surface area contributed by atoms with Crippen molar-refractivity contribution in [1.29, 1.82) is 0 Å². The smallest absolute Gasteiger partial charge is 0.318 e. The van der Waals surface area contributed by atoms with E-state index in [0.717, 1.165) is 18.5 Å². The first-order valence-electron chi connectivity index (χ1n) is 3.68. The summed E-state index contributed by atoms with van der Waals surface area (Å²) in [6.07, 6.45) is 8.05. The lowest BCUT2D eigenvalue weighted by Crippen LogP contribution is -2.31. The third-order valence-electron chi connectivity index (χ3n) is 1.48. The molecule has 2 amide bonds. The predicted molar refractivity (Wildman–Crippen MR) is 44.0 cm³/mol. The lowest BCUT2D eigenvalue weighted by molar-refractivity contribution is 0.245. The topological polar surface area (TPSA) is 41.1 Å². The van der Waals surface area contributed by atoms with Crippen LogP contribution in [0, 0.1) is 0 Å². The zero-order chi connectivity index (χ0) is 8.10. The van der Waals surface area contributed by atoms with E-state index >= 15 is 0 Å². The second-order valence-corrected chi connectivity index (χ2v) is 2.34. The number of urea groups is 1. The second kappa shape index (κ2) is 3.81. The Balaban J connectivity index is 2.42. The van der Waals surface area contributed by atoms with Crippen LogP contribution in [-0.2, 0) is 0 Å². The van der Waals surface area contributed by atoms with Crippen molar-refractivity contribution in [2.24, 2.45) is 0 Å². The summed E-state index contributed by atoms with van der Waals surface area (Å²) in [5.41, 5.74) is 0.885. The Morgan fingerprint density at radius 1 is 1.55 bits per heavy atom. The Labute approximate surface area is 66.2 Å². The van der Waals surface area contributed by atoms with Gasteiger partial charge in [0.2, 0.25) is 0 Å². The summed E-state index contributed by atoms with van der Waals surface area (Å²) >= 11 is 0. The van der Waals surface area contributed by atoms with E-state index in [1.54, 1.807) is 7.05 Å². The van der Waals surface area contributed by atoms with Gasteiger partial charge in [-0.05, 0) is 18.9 Å². The van der Waals surface area contributed by atoms with Gasteiger partial charge in [-0.3, -0.25) is 0 Å². The van der Waals surface area contributed by atoms with Crippen LogP contribution in [0.15, 0.2) is 23.9 Å². The fourth-order valence-corrected chi connectivity index (χ4v) is 0.900. The third-order valence-corrected chi connectivity index (χ3v) is 1.48. The maximum absolute atomic E-state index is 10.8. The SMILES string of the molecule is CNC(=O)NC1=CCCC=C1. The van der Waals surface area contributed by atoms with Crippen molar-refractivity contribution >= 4 is 6.03 Å². The third kappa shape index (κ3) is 2.45. The minimum atomic E-state index is -0.164. The molecule has 3 nitrogen and oxygen atoms in total. The molecule has 0 bridgehead atoms. The molecule has 0 saturated carbocycles. The first-order valence-corrected chi connectivity index (χ1v) is 3.68. The molecule has 1 rings (SSSR count). The minimum absolute atomic E-state index is 0.164. The molecule has 11 heavy (non-hydrogen) atoms. The second-order valence-electron chi connectivity index (χ2n) is 2.34. The van der Waals surface area contributed by atoms with Crippen LogP contribution in [0.3, 0.4) is 0 Å². The monoisotopic (exact) mass is 152 g/mol. The van der Waals surface area contributed by atoms with Crippen molar-refractivity contribution in [3.05, 3.63) is 23.9 Å². The number of amides is 2. The molecule has 2 N–H and O–H groups in total. The zero-order valence-electron chi connectivity index (χ0n) is 6.55. The Hall–Kier alpha value is -1.25. The molecule has 0 saturated heterocycles. The maximum atomic E-state index is 10.8. The van der Waals surface area contributed by atoms with Gasteiger partial charge in [0, 0.05) is 12.7 Å². The summed E-state index contributed by atoms with van der Waals surface area (Å²) in [5, 5.41) is 5.18. The summed E-state index contributed by atoms with van der Waals surface area (Å²) in [6, 6.07) is -0.164. The van der Waals surface area contributed by atoms with Gasteiger partial charge in [-0.1, -0.05) is 12.2 Å². The number of carbonyl (C=O) groups excluding carboxylic acids is 1. The van der Waals surface area contributed by atoms with Crippen molar-refractivity contribution in [3.63, 3.8) is 0 Å². The molecule has 1 aliphatic rings. The first kappa shape index (κ1) is 7.85. The van der Waals surface area contributed by atoms with Crippen molar-refractivity contribution < 1.29 is 4.79 Å². The van der Waals surface area contributed by atoms with E-state index in [1.165, 1.54) is 0 Å². The zero-order valence-corrected chi connectivity index (χ0v) is 6.55. The molecule has 0 aromatic heterocycles. The van der Waals surface area contributed by atoms with Crippen LogP contribution in [-0.4, -0.2) is 13.1 Å². The number of hydrogen-bond acceptors (Lipinski definition) is 1. The van der Waals surface area contributed by atoms with Gasteiger partial charge < -0.3 is 10.6 Å². The van der Waals surface area contributed by atoms with Crippen molar-refractivity contribution in [2.45, 2.75) is 12.8 Å². The molecule has 1 aliphatic carbocycles. The van der Waals surface area contributed by atoms with Crippen molar-refractivity contribution in [1.82, 2.24) is 10.6 Å². The molecule has 0 fully saturated rings. The van der Waals surface area contributed by atoms with Gasteiger partial charge in [0.25, 0.3) is 0 Å². The normalized spacial score (nSPS) is 15.5. The summed E-state index contributed by atoms with van der Waals surface area (Å²) < 4.78 is 0. The summed E-state index contributed by atoms with van der Waals surface area (Å²) in [6.45, 7) is 0. The fourth-order valence-electron chi connectivity index (χ4n) is 0.900. The molecule has 3 heteroatoms. The number of rotatable bonds is 1. The molecule has 0 aliphatic heterocycles. The predicted octanol–water partition coefficient (Wildman–Crippen LogP) is 1.15. The summed E-state index contributed by atoms with van der Waals surface area (Å²) in [5.74, 6) is 0. The first-order chi connectivity index (χ1) is 5.33. The van der Waals surface area contributed by atoms with Crippen LogP contribution in [0.4, 0.5) is 4.79 Å². The summed E-state index contributed by atoms with van der Waals surface area (Å²) in [4.78, 5) is 10.8. The van der Waals surface area contributed by atoms with Crippen LogP contribution >= 0.6 is 0 Å². The van der Waals surface area contributed by atoms with Crippen LogP contribution < -0.4 is 10.6 Å². The molecular weight excluding hydrogens is 140 g/mol. The van der Waals surface area contributed by atoms with E-state index in [2.05, 4.69) is 10.6 Å². The Morgan fingerprint density at radius 2 is 2.36 bits per heavy atom. The molecule has 60 valence electrons. The molecule has 0 unspecified atom stereocenters. The standard InChI is InChI=1S/C8H12N2O/c1-9-8(11)10-7-5-3-2-4-6-7/h3,5-6H,2,4H2,1H3,(H2,9,10,11). The average molecular weight is 152 g/mol. The lowest BCUT2D eigenvalue weighted by Gasteiger charge is -2.07. The average Bonchev–Trinajstić information content (AvgIpc) is 2.06. The van der Waals surface area contributed by atoms with Gasteiger partial charge in [0.1, 0.15) is 0 Å². The van der Waals surface area contributed by atoms with Gasteiger partial charge in [0.05, 0.1) is 0 Å². The molecule has 0 aromatic carbocycles. The summed E-state index contributed by atoms with van der Waals surface area (Å²) in [7, 11) is 1.60. The van der Waals surface area contributed by atoms with Crippen molar-refractivity contribution in [3.8, 4) is 0 Å². The van der Waals surface area contributed by atoms with Crippen LogP contribution in [0.25, 0.3) is 0 Å². The van der Waals surface area contributed by atoms with Crippen molar-refractivity contribution in [2.75, 3.05) is 7.05 Å². The molecule has 0 spiro atoms. The molecule has 0 heterocycles. The van der Waals surface area contributed by atoms with E-state index < -0.39 is 0 Å². The number of hydrogen-bond donors (Lipinski definition) is 2. The van der Waals surface area contributed by atoms with Crippen LogP contribution in [0.2, 0.25) is 0 Å². The van der Waals surface area contributed by atoms with E-state index in [-0.39, 0.29) is 6.03 Å². The fraction of sp³-hybridized carbons (Fsp3) is 0.375. The van der Waals surface area contributed by atoms with Gasteiger partial charge in [-0.15, -0.1) is 0 Å². The van der Waals surface area contributed by atoms with Gasteiger partial charge in [0.15, 0.2) is 0 Å². The molecule has 0 atom stereocenters. The lowest BCUT2D eigenvalue weighted by atomic mass is 10.1. The number of allylic oxidation sites excluding steroid dienone is 3. The van der Waals surface area contributed by atoms with E-state index in [1.807, 2.05) is 18.2 Å². The highest BCUT2D eigenvalue weighted by Crippen LogP contribution is 2.05. The molecule has 0 aromatic rings. The highest BCUT2D eigenvalue weighted by atomic mass is 16.2. The highest BCUT2D eigenvalue weighted by molar-refractivity contribution is 5.76. The number of nitrogens with one attached hydrogen (secondary N) is 2. The van der Waals surface area contributed by atoms with Gasteiger partial charge in [-0.2, -0.15) is 0 Å². The van der Waals surface area contributed by atoms with E-state index in [0.29, 0.717) is 0 Å². The van der Waals surface area contributed by atoms with Gasteiger partial charge in [-0.25, -0.2) is 4.79 Å². The largest absolute Gasteiger partial charge is 0.341 e. The van der Waals surface area contributed by atoms with E-state index in [4.69, 9.17) is 0 Å². The Morgan fingerprint density at radius 3 is 2.91 bits per heavy atom.